The van der Waals surface area contributed by atoms with E-state index in [0.29, 0.717) is 0 Å². The molecule has 0 atom stereocenters. The first-order valence-corrected chi connectivity index (χ1v) is 3.51. The number of nitrogens with zero attached hydrogens (tertiary/aromatic N) is 1. The summed E-state index contributed by atoms with van der Waals surface area (Å²) < 4.78 is 4.76. The number of methoxy groups -OCH3 is 1. The Morgan fingerprint density at radius 2 is 2.25 bits per heavy atom. The van der Waals surface area contributed by atoms with Crippen LogP contribution < -0.4 is 4.74 Å². The van der Waals surface area contributed by atoms with Crippen LogP contribution >= 0.6 is 11.6 Å². The van der Waals surface area contributed by atoms with Gasteiger partial charge in [0.1, 0.15) is 0 Å². The number of rotatable bonds is 2. The molecule has 0 aliphatic carbocycles. The summed E-state index contributed by atoms with van der Waals surface area (Å²) in [7, 11) is 1.34. The number of para-hydroxylation sites is 1. The van der Waals surface area contributed by atoms with Crippen molar-refractivity contribution in [2.45, 2.75) is 0 Å². The molecular formula is C7H6ClNO3. The zero-order valence-corrected chi connectivity index (χ0v) is 7.04. The molecule has 0 radical (unpaired) electrons. The van der Waals surface area contributed by atoms with E-state index < -0.39 is 4.92 Å². The minimum Gasteiger partial charge on any atom is -0.489 e. The van der Waals surface area contributed by atoms with Gasteiger partial charge in [-0.1, -0.05) is 17.7 Å². The predicted molar refractivity (Wildman–Crippen MR) is 44.7 cm³/mol. The van der Waals surface area contributed by atoms with Gasteiger partial charge in [0.2, 0.25) is 5.75 Å². The third kappa shape index (κ3) is 1.48. The van der Waals surface area contributed by atoms with Crippen LogP contribution in [0.2, 0.25) is 5.02 Å². The van der Waals surface area contributed by atoms with Gasteiger partial charge in [0.15, 0.2) is 0 Å². The fourth-order valence-corrected chi connectivity index (χ4v) is 1.09. The van der Waals surface area contributed by atoms with Gasteiger partial charge >= 0.3 is 5.69 Å². The molecule has 0 N–H and O–H groups in total. The van der Waals surface area contributed by atoms with Crippen molar-refractivity contribution in [2.75, 3.05) is 7.11 Å². The molecule has 0 saturated heterocycles. The highest BCUT2D eigenvalue weighted by Gasteiger charge is 2.16. The molecule has 0 fully saturated rings. The largest absolute Gasteiger partial charge is 0.489 e. The summed E-state index contributed by atoms with van der Waals surface area (Å²) in [5.41, 5.74) is -0.120. The first-order chi connectivity index (χ1) is 5.66. The Hall–Kier alpha value is -1.29. The van der Waals surface area contributed by atoms with Crippen LogP contribution in [0.25, 0.3) is 0 Å². The van der Waals surface area contributed by atoms with Crippen LogP contribution in [-0.4, -0.2) is 12.0 Å². The van der Waals surface area contributed by atoms with Gasteiger partial charge in [0.05, 0.1) is 17.1 Å². The Morgan fingerprint density at radius 1 is 1.58 bits per heavy atom. The fraction of sp³-hybridized carbons (Fsp3) is 0.143. The number of benzene rings is 1. The molecular weight excluding hydrogens is 182 g/mol. The maximum absolute atomic E-state index is 10.4. The van der Waals surface area contributed by atoms with Crippen LogP contribution in [0.15, 0.2) is 18.2 Å². The molecule has 1 aromatic carbocycles. The van der Waals surface area contributed by atoms with Crippen molar-refractivity contribution in [3.05, 3.63) is 33.3 Å². The maximum Gasteiger partial charge on any atom is 0.312 e. The van der Waals surface area contributed by atoms with Crippen molar-refractivity contribution in [1.29, 1.82) is 0 Å². The second-order valence-electron chi connectivity index (χ2n) is 2.05. The lowest BCUT2D eigenvalue weighted by Gasteiger charge is -2.01. The lowest BCUT2D eigenvalue weighted by molar-refractivity contribution is -0.385. The second-order valence-corrected chi connectivity index (χ2v) is 2.46. The highest BCUT2D eigenvalue weighted by atomic mass is 35.5. The number of ether oxygens (including phenoxy) is 1. The van der Waals surface area contributed by atoms with Gasteiger partial charge in [-0.05, 0) is 6.07 Å². The number of nitro benzene ring substituents is 1. The van der Waals surface area contributed by atoms with E-state index in [-0.39, 0.29) is 16.5 Å². The predicted octanol–water partition coefficient (Wildman–Crippen LogP) is 2.26. The molecule has 0 aliphatic heterocycles. The van der Waals surface area contributed by atoms with E-state index in [1.165, 1.54) is 25.3 Å². The van der Waals surface area contributed by atoms with Crippen LogP contribution in [0, 0.1) is 10.1 Å². The number of hydrogen-bond acceptors (Lipinski definition) is 3. The van der Waals surface area contributed by atoms with E-state index in [4.69, 9.17) is 16.3 Å². The van der Waals surface area contributed by atoms with Gasteiger partial charge in [0.25, 0.3) is 0 Å². The maximum atomic E-state index is 10.4. The first kappa shape index (κ1) is 8.80. The molecule has 0 aromatic heterocycles. The summed E-state index contributed by atoms with van der Waals surface area (Å²) in [6.07, 6.45) is 0. The Balaban J connectivity index is 3.27. The van der Waals surface area contributed by atoms with Crippen molar-refractivity contribution in [1.82, 2.24) is 0 Å². The van der Waals surface area contributed by atoms with Crippen molar-refractivity contribution >= 4 is 17.3 Å². The van der Waals surface area contributed by atoms with Gasteiger partial charge in [-0.15, -0.1) is 0 Å². The van der Waals surface area contributed by atoms with Crippen LogP contribution in [-0.2, 0) is 0 Å². The molecule has 0 unspecified atom stereocenters. The van der Waals surface area contributed by atoms with Crippen LogP contribution in [0.1, 0.15) is 0 Å². The highest BCUT2D eigenvalue weighted by Crippen LogP contribution is 2.33. The Bertz CT molecular complexity index is 314. The summed E-state index contributed by atoms with van der Waals surface area (Å²) >= 11 is 5.64. The van der Waals surface area contributed by atoms with E-state index in [0.717, 1.165) is 0 Å². The zero-order valence-electron chi connectivity index (χ0n) is 6.28. The second kappa shape index (κ2) is 3.40. The summed E-state index contributed by atoms with van der Waals surface area (Å²) in [6, 6.07) is 4.38. The minimum absolute atomic E-state index is 0.101. The SMILES string of the molecule is COc1c(Cl)cccc1[N+](=O)[O-]. The average Bonchev–Trinajstić information content (AvgIpc) is 2.03. The minimum atomic E-state index is -0.537. The first-order valence-electron chi connectivity index (χ1n) is 3.13. The monoisotopic (exact) mass is 187 g/mol. The molecule has 4 nitrogen and oxygen atoms in total. The molecule has 0 aliphatic rings. The van der Waals surface area contributed by atoms with Crippen LogP contribution in [0.5, 0.6) is 5.75 Å². The lowest BCUT2D eigenvalue weighted by Crippen LogP contribution is -1.93. The van der Waals surface area contributed by atoms with E-state index in [9.17, 15) is 10.1 Å². The zero-order chi connectivity index (χ0) is 9.14. The molecule has 1 aromatic rings. The molecule has 0 bridgehead atoms. The summed E-state index contributed by atoms with van der Waals surface area (Å²) in [4.78, 5) is 9.86. The molecule has 5 heteroatoms. The molecule has 0 heterocycles. The number of halogens is 1. The molecule has 0 spiro atoms. The van der Waals surface area contributed by atoms with Gasteiger partial charge in [-0.25, -0.2) is 0 Å². The topological polar surface area (TPSA) is 52.4 Å². The summed E-state index contributed by atoms with van der Waals surface area (Å²) in [5, 5.41) is 10.6. The van der Waals surface area contributed by atoms with Crippen molar-refractivity contribution in [3.63, 3.8) is 0 Å². The van der Waals surface area contributed by atoms with Crippen LogP contribution in [0.4, 0.5) is 5.69 Å². The highest BCUT2D eigenvalue weighted by molar-refractivity contribution is 6.32. The Labute approximate surface area is 73.9 Å². The molecule has 0 amide bonds. The molecule has 0 saturated carbocycles. The van der Waals surface area contributed by atoms with Crippen LogP contribution in [0.3, 0.4) is 0 Å². The smallest absolute Gasteiger partial charge is 0.312 e. The van der Waals surface area contributed by atoms with E-state index >= 15 is 0 Å². The Kier molecular flexibility index (Phi) is 2.50. The van der Waals surface area contributed by atoms with Gasteiger partial charge in [-0.3, -0.25) is 10.1 Å². The van der Waals surface area contributed by atoms with E-state index in [1.807, 2.05) is 0 Å². The summed E-state index contributed by atoms with van der Waals surface area (Å²) in [6.45, 7) is 0. The summed E-state index contributed by atoms with van der Waals surface area (Å²) in [5.74, 6) is 0.101. The fourth-order valence-electron chi connectivity index (χ4n) is 0.843. The normalized spacial score (nSPS) is 9.50. The molecule has 64 valence electrons. The van der Waals surface area contributed by atoms with Gasteiger partial charge in [-0.2, -0.15) is 0 Å². The van der Waals surface area contributed by atoms with E-state index in [1.54, 1.807) is 0 Å². The lowest BCUT2D eigenvalue weighted by atomic mass is 10.3. The van der Waals surface area contributed by atoms with Crippen molar-refractivity contribution < 1.29 is 9.66 Å². The van der Waals surface area contributed by atoms with Crippen molar-refractivity contribution in [3.8, 4) is 5.75 Å². The molecule has 12 heavy (non-hydrogen) atoms. The number of hydrogen-bond donors (Lipinski definition) is 0. The van der Waals surface area contributed by atoms with E-state index in [2.05, 4.69) is 0 Å². The van der Waals surface area contributed by atoms with Gasteiger partial charge in [0, 0.05) is 6.07 Å². The number of nitro groups is 1. The molecule has 1 rings (SSSR count). The standard InChI is InChI=1S/C7H6ClNO3/c1-12-7-5(8)3-2-4-6(7)9(10)11/h2-4H,1H3. The quantitative estimate of drug-likeness (QED) is 0.527. The Morgan fingerprint density at radius 3 is 2.67 bits per heavy atom. The van der Waals surface area contributed by atoms with Crippen molar-refractivity contribution in [2.24, 2.45) is 0 Å². The third-order valence-corrected chi connectivity index (χ3v) is 1.64. The third-order valence-electron chi connectivity index (χ3n) is 1.35. The average molecular weight is 188 g/mol. The van der Waals surface area contributed by atoms with Gasteiger partial charge < -0.3 is 4.74 Å².